The van der Waals surface area contributed by atoms with Crippen molar-refractivity contribution in [2.24, 2.45) is 0 Å². The maximum Gasteiger partial charge on any atom is 0.270 e. The van der Waals surface area contributed by atoms with Crippen molar-refractivity contribution < 1.29 is 14.3 Å². The largest absolute Gasteiger partial charge is 0.493 e. The summed E-state index contributed by atoms with van der Waals surface area (Å²) < 4.78 is 13.6. The molecule has 0 atom stereocenters. The lowest BCUT2D eigenvalue weighted by Gasteiger charge is -2.15. The molecule has 5 nitrogen and oxygen atoms in total. The maximum absolute atomic E-state index is 13.2. The van der Waals surface area contributed by atoms with Crippen LogP contribution in [0, 0.1) is 14.9 Å². The van der Waals surface area contributed by atoms with E-state index in [1.54, 1.807) is 43.5 Å². The molecule has 1 amide bonds. The minimum Gasteiger partial charge on any atom is -0.493 e. The molecular formula is C25H15BrClIN2O3S2. The molecule has 0 unspecified atom stereocenters. The van der Waals surface area contributed by atoms with Gasteiger partial charge in [-0.15, -0.1) is 0 Å². The summed E-state index contributed by atoms with van der Waals surface area (Å²) in [6.07, 6.45) is 1.78. The van der Waals surface area contributed by atoms with Crippen LogP contribution in [0.5, 0.6) is 11.5 Å². The van der Waals surface area contributed by atoms with Gasteiger partial charge in [-0.05, 0) is 86.6 Å². The minimum absolute atomic E-state index is 0.221. The Labute approximate surface area is 239 Å². The van der Waals surface area contributed by atoms with E-state index in [1.807, 2.05) is 24.3 Å². The van der Waals surface area contributed by atoms with Gasteiger partial charge in [0, 0.05) is 10.0 Å². The van der Waals surface area contributed by atoms with Gasteiger partial charge in [-0.3, -0.25) is 9.69 Å². The van der Waals surface area contributed by atoms with E-state index in [4.69, 9.17) is 33.3 Å². The van der Waals surface area contributed by atoms with E-state index in [-0.39, 0.29) is 12.5 Å². The Morgan fingerprint density at radius 1 is 1.26 bits per heavy atom. The Bertz CT molecular complexity index is 1420. The zero-order valence-electron chi connectivity index (χ0n) is 18.1. The number of methoxy groups -OCH3 is 1. The zero-order chi connectivity index (χ0) is 25.1. The van der Waals surface area contributed by atoms with Gasteiger partial charge in [0.05, 0.1) is 37.9 Å². The van der Waals surface area contributed by atoms with Gasteiger partial charge in [-0.1, -0.05) is 53.8 Å². The number of ether oxygens (including phenoxy) is 2. The molecule has 0 saturated carbocycles. The summed E-state index contributed by atoms with van der Waals surface area (Å²) >= 11 is 18.4. The lowest BCUT2D eigenvalue weighted by Crippen LogP contribution is -2.27. The fourth-order valence-electron chi connectivity index (χ4n) is 3.33. The second kappa shape index (κ2) is 11.3. The molecule has 1 aliphatic rings. The number of thiocarbonyl (C=S) groups is 1. The Morgan fingerprint density at radius 3 is 2.74 bits per heavy atom. The fourth-order valence-corrected chi connectivity index (χ4v) is 5.84. The molecule has 10 heteroatoms. The third kappa shape index (κ3) is 5.67. The second-order valence-corrected chi connectivity index (χ2v) is 11.3. The van der Waals surface area contributed by atoms with E-state index < -0.39 is 0 Å². The molecule has 35 heavy (non-hydrogen) atoms. The second-order valence-electron chi connectivity index (χ2n) is 7.21. The highest BCUT2D eigenvalue weighted by Crippen LogP contribution is 2.40. The van der Waals surface area contributed by atoms with Crippen LogP contribution in [0.25, 0.3) is 6.08 Å². The molecule has 3 aromatic rings. The molecule has 0 N–H and O–H groups in total. The zero-order valence-corrected chi connectivity index (χ0v) is 24.2. The first-order chi connectivity index (χ1) is 16.8. The molecule has 1 fully saturated rings. The van der Waals surface area contributed by atoms with Crippen molar-refractivity contribution in [3.63, 3.8) is 0 Å². The molecule has 3 aromatic carbocycles. The normalized spacial score (nSPS) is 14.4. The number of hydrogen-bond acceptors (Lipinski definition) is 6. The van der Waals surface area contributed by atoms with Crippen LogP contribution >= 0.6 is 74.1 Å². The van der Waals surface area contributed by atoms with E-state index in [9.17, 15) is 10.1 Å². The number of rotatable bonds is 6. The number of carbonyl (C=O) groups is 1. The van der Waals surface area contributed by atoms with Gasteiger partial charge in [0.2, 0.25) is 0 Å². The van der Waals surface area contributed by atoms with E-state index >= 15 is 0 Å². The molecule has 0 spiro atoms. The number of amides is 1. The van der Waals surface area contributed by atoms with Gasteiger partial charge in [0.1, 0.15) is 6.61 Å². The number of carbonyl (C=O) groups excluding carboxylic acids is 1. The lowest BCUT2D eigenvalue weighted by atomic mass is 10.1. The molecule has 0 aromatic heterocycles. The van der Waals surface area contributed by atoms with Crippen molar-refractivity contribution in [2.45, 2.75) is 6.61 Å². The summed E-state index contributed by atoms with van der Waals surface area (Å²) in [5, 5.41) is 9.80. The number of hydrogen-bond donors (Lipinski definition) is 0. The number of nitrogens with zero attached hydrogens (tertiary/aromatic N) is 2. The van der Waals surface area contributed by atoms with E-state index in [1.165, 1.54) is 16.7 Å². The Kier molecular flexibility index (Phi) is 8.39. The first kappa shape index (κ1) is 26.0. The molecule has 1 heterocycles. The van der Waals surface area contributed by atoms with Crippen molar-refractivity contribution in [3.8, 4) is 17.6 Å². The van der Waals surface area contributed by atoms with Crippen LogP contribution in [0.1, 0.15) is 16.7 Å². The molecule has 176 valence electrons. The van der Waals surface area contributed by atoms with Crippen LogP contribution in [0.2, 0.25) is 5.02 Å². The standard InChI is InChI=1S/C25H15BrClIN2O3S2/c1-32-21-9-14(8-20(28)23(21)33-13-16-5-3-2-4-15(16)12-29)10-22-24(31)30(25(34)35-22)17-6-7-18(26)19(27)11-17/h2-11H,13H2,1H3. The summed E-state index contributed by atoms with van der Waals surface area (Å²) in [5.41, 5.74) is 2.73. The SMILES string of the molecule is COc1cc(C=C2SC(=S)N(c3ccc(Br)c(Cl)c3)C2=O)cc(I)c1OCc1ccccc1C#N. The monoisotopic (exact) mass is 696 g/mol. The summed E-state index contributed by atoms with van der Waals surface area (Å²) in [5.74, 6) is 0.864. The van der Waals surface area contributed by atoms with Crippen LogP contribution in [0.15, 0.2) is 64.0 Å². The van der Waals surface area contributed by atoms with E-state index in [2.05, 4.69) is 44.6 Å². The Hall–Kier alpha value is -2.10. The first-order valence-corrected chi connectivity index (χ1v) is 13.5. The number of halogens is 3. The van der Waals surface area contributed by atoms with Crippen LogP contribution in [0.4, 0.5) is 5.69 Å². The van der Waals surface area contributed by atoms with Gasteiger partial charge >= 0.3 is 0 Å². The highest BCUT2D eigenvalue weighted by molar-refractivity contribution is 14.1. The lowest BCUT2D eigenvalue weighted by molar-refractivity contribution is -0.113. The number of anilines is 1. The fraction of sp³-hybridized carbons (Fsp3) is 0.0800. The molecular weight excluding hydrogens is 683 g/mol. The number of thioether (sulfide) groups is 1. The topological polar surface area (TPSA) is 62.6 Å². The van der Waals surface area contributed by atoms with Gasteiger partial charge in [-0.25, -0.2) is 0 Å². The first-order valence-electron chi connectivity index (χ1n) is 10.0. The van der Waals surface area contributed by atoms with Gasteiger partial charge in [-0.2, -0.15) is 5.26 Å². The summed E-state index contributed by atoms with van der Waals surface area (Å²) in [4.78, 5) is 15.1. The smallest absolute Gasteiger partial charge is 0.270 e. The van der Waals surface area contributed by atoms with Crippen molar-refractivity contribution in [1.29, 1.82) is 5.26 Å². The van der Waals surface area contributed by atoms with Crippen molar-refractivity contribution in [3.05, 3.63) is 89.3 Å². The molecule has 1 saturated heterocycles. The molecule has 0 radical (unpaired) electrons. The predicted molar refractivity (Wildman–Crippen MR) is 156 cm³/mol. The van der Waals surface area contributed by atoms with Crippen molar-refractivity contribution >= 4 is 96.1 Å². The minimum atomic E-state index is -0.221. The highest BCUT2D eigenvalue weighted by atomic mass is 127. The van der Waals surface area contributed by atoms with Crippen molar-refractivity contribution in [1.82, 2.24) is 0 Å². The van der Waals surface area contributed by atoms with Crippen LogP contribution in [0.3, 0.4) is 0 Å². The number of nitriles is 1. The van der Waals surface area contributed by atoms with Crippen LogP contribution in [-0.4, -0.2) is 17.3 Å². The van der Waals surface area contributed by atoms with E-state index in [0.717, 1.165) is 19.2 Å². The quantitative estimate of drug-likeness (QED) is 0.151. The molecule has 4 rings (SSSR count). The third-order valence-electron chi connectivity index (χ3n) is 5.01. The summed E-state index contributed by atoms with van der Waals surface area (Å²) in [6.45, 7) is 0.226. The Morgan fingerprint density at radius 2 is 2.03 bits per heavy atom. The molecule has 0 bridgehead atoms. The van der Waals surface area contributed by atoms with E-state index in [0.29, 0.717) is 37.0 Å². The van der Waals surface area contributed by atoms with Gasteiger partial charge in [0.15, 0.2) is 15.8 Å². The summed E-state index contributed by atoms with van der Waals surface area (Å²) in [7, 11) is 1.56. The Balaban J connectivity index is 1.60. The predicted octanol–water partition coefficient (Wildman–Crippen LogP) is 7.57. The molecule has 1 aliphatic heterocycles. The van der Waals surface area contributed by atoms with Gasteiger partial charge < -0.3 is 9.47 Å². The average Bonchev–Trinajstić information content (AvgIpc) is 3.12. The number of benzene rings is 3. The highest BCUT2D eigenvalue weighted by Gasteiger charge is 2.33. The van der Waals surface area contributed by atoms with Crippen molar-refractivity contribution in [2.75, 3.05) is 12.0 Å². The van der Waals surface area contributed by atoms with Crippen LogP contribution < -0.4 is 14.4 Å². The van der Waals surface area contributed by atoms with Crippen LogP contribution in [-0.2, 0) is 11.4 Å². The maximum atomic E-state index is 13.2. The summed E-state index contributed by atoms with van der Waals surface area (Å²) in [6, 6.07) is 18.4. The third-order valence-corrected chi connectivity index (χ3v) is 8.35. The van der Waals surface area contributed by atoms with Gasteiger partial charge in [0.25, 0.3) is 5.91 Å². The molecule has 0 aliphatic carbocycles. The average molecular weight is 698 g/mol.